The number of hydrogen-bond donors (Lipinski definition) is 1. The SMILES string of the molecule is O=C(O)COc1ccc(-c2ccc(F)cc2)cc1CN1CCOCC1. The van der Waals surface area contributed by atoms with E-state index in [9.17, 15) is 9.18 Å². The number of nitrogens with zero attached hydrogens (tertiary/aromatic N) is 1. The molecule has 1 fully saturated rings. The molecule has 1 saturated heterocycles. The molecule has 1 N–H and O–H groups in total. The molecule has 0 amide bonds. The largest absolute Gasteiger partial charge is 0.482 e. The monoisotopic (exact) mass is 345 g/mol. The Morgan fingerprint density at radius 3 is 2.48 bits per heavy atom. The lowest BCUT2D eigenvalue weighted by Gasteiger charge is -2.27. The second kappa shape index (κ2) is 8.09. The van der Waals surface area contributed by atoms with Gasteiger partial charge in [-0.3, -0.25) is 4.90 Å². The fourth-order valence-electron chi connectivity index (χ4n) is 2.81. The van der Waals surface area contributed by atoms with E-state index in [1.807, 2.05) is 12.1 Å². The summed E-state index contributed by atoms with van der Waals surface area (Å²) in [6.07, 6.45) is 0. The Labute approximate surface area is 145 Å². The molecule has 0 radical (unpaired) electrons. The molecule has 0 aromatic heterocycles. The van der Waals surface area contributed by atoms with Gasteiger partial charge in [0, 0.05) is 25.2 Å². The molecule has 1 aliphatic heterocycles. The van der Waals surface area contributed by atoms with E-state index >= 15 is 0 Å². The van der Waals surface area contributed by atoms with Crippen LogP contribution >= 0.6 is 0 Å². The normalized spacial score (nSPS) is 15.1. The highest BCUT2D eigenvalue weighted by molar-refractivity contribution is 5.69. The first-order chi connectivity index (χ1) is 12.1. The molecule has 5 nitrogen and oxygen atoms in total. The molecular weight excluding hydrogens is 325 g/mol. The Morgan fingerprint density at radius 1 is 1.12 bits per heavy atom. The smallest absolute Gasteiger partial charge is 0.341 e. The molecule has 0 saturated carbocycles. The molecule has 0 atom stereocenters. The summed E-state index contributed by atoms with van der Waals surface area (Å²) in [5, 5.41) is 8.86. The number of benzene rings is 2. The van der Waals surface area contributed by atoms with Crippen LogP contribution in [-0.4, -0.2) is 48.9 Å². The molecular formula is C19H20FNO4. The highest BCUT2D eigenvalue weighted by Gasteiger charge is 2.15. The van der Waals surface area contributed by atoms with E-state index in [0.29, 0.717) is 25.5 Å². The van der Waals surface area contributed by atoms with Crippen LogP contribution < -0.4 is 4.74 Å². The quantitative estimate of drug-likeness (QED) is 0.872. The van der Waals surface area contributed by atoms with Crippen LogP contribution in [0.4, 0.5) is 4.39 Å². The van der Waals surface area contributed by atoms with E-state index < -0.39 is 5.97 Å². The maximum atomic E-state index is 13.1. The first-order valence-electron chi connectivity index (χ1n) is 8.15. The summed E-state index contributed by atoms with van der Waals surface area (Å²) >= 11 is 0. The van der Waals surface area contributed by atoms with Gasteiger partial charge < -0.3 is 14.6 Å². The van der Waals surface area contributed by atoms with Crippen molar-refractivity contribution in [3.63, 3.8) is 0 Å². The molecule has 0 aliphatic carbocycles. The summed E-state index contributed by atoms with van der Waals surface area (Å²) in [6.45, 7) is 3.27. The van der Waals surface area contributed by atoms with Crippen LogP contribution in [0.15, 0.2) is 42.5 Å². The van der Waals surface area contributed by atoms with Crippen LogP contribution in [0, 0.1) is 5.82 Å². The third kappa shape index (κ3) is 4.78. The Balaban J connectivity index is 1.86. The van der Waals surface area contributed by atoms with Crippen molar-refractivity contribution in [3.8, 4) is 16.9 Å². The lowest BCUT2D eigenvalue weighted by atomic mass is 10.0. The summed E-state index contributed by atoms with van der Waals surface area (Å²) in [4.78, 5) is 13.0. The van der Waals surface area contributed by atoms with Gasteiger partial charge in [-0.1, -0.05) is 18.2 Å². The van der Waals surface area contributed by atoms with Gasteiger partial charge in [0.2, 0.25) is 0 Å². The third-order valence-electron chi connectivity index (χ3n) is 4.09. The van der Waals surface area contributed by atoms with Crippen molar-refractivity contribution in [1.29, 1.82) is 0 Å². The third-order valence-corrected chi connectivity index (χ3v) is 4.09. The van der Waals surface area contributed by atoms with Gasteiger partial charge in [0.25, 0.3) is 0 Å². The average Bonchev–Trinajstić information content (AvgIpc) is 2.62. The fourth-order valence-corrected chi connectivity index (χ4v) is 2.81. The number of aliphatic carboxylic acids is 1. The van der Waals surface area contributed by atoms with Crippen LogP contribution in [0.3, 0.4) is 0 Å². The molecule has 6 heteroatoms. The molecule has 0 bridgehead atoms. The molecule has 1 aliphatic rings. The van der Waals surface area contributed by atoms with Crippen molar-refractivity contribution in [2.75, 3.05) is 32.9 Å². The molecule has 0 unspecified atom stereocenters. The van der Waals surface area contributed by atoms with Gasteiger partial charge in [-0.2, -0.15) is 0 Å². The van der Waals surface area contributed by atoms with Gasteiger partial charge in [-0.05, 0) is 35.4 Å². The molecule has 1 heterocycles. The van der Waals surface area contributed by atoms with Gasteiger partial charge in [0.05, 0.1) is 13.2 Å². The summed E-state index contributed by atoms with van der Waals surface area (Å²) in [5.74, 6) is -0.738. The lowest BCUT2D eigenvalue weighted by molar-refractivity contribution is -0.139. The van der Waals surface area contributed by atoms with Crippen molar-refractivity contribution in [3.05, 3.63) is 53.8 Å². The van der Waals surface area contributed by atoms with Crippen molar-refractivity contribution in [2.24, 2.45) is 0 Å². The zero-order chi connectivity index (χ0) is 17.6. The van der Waals surface area contributed by atoms with Crippen molar-refractivity contribution in [1.82, 2.24) is 4.90 Å². The zero-order valence-corrected chi connectivity index (χ0v) is 13.8. The molecule has 3 rings (SSSR count). The number of ether oxygens (including phenoxy) is 2. The van der Waals surface area contributed by atoms with Crippen LogP contribution in [0.5, 0.6) is 5.75 Å². The van der Waals surface area contributed by atoms with Crippen LogP contribution in [0.1, 0.15) is 5.56 Å². The van der Waals surface area contributed by atoms with Crippen molar-refractivity contribution >= 4 is 5.97 Å². The van der Waals surface area contributed by atoms with Crippen LogP contribution in [0.25, 0.3) is 11.1 Å². The maximum absolute atomic E-state index is 13.1. The molecule has 25 heavy (non-hydrogen) atoms. The number of halogens is 1. The average molecular weight is 345 g/mol. The number of carbonyl (C=O) groups is 1. The van der Waals surface area contributed by atoms with E-state index in [1.54, 1.807) is 18.2 Å². The van der Waals surface area contributed by atoms with Crippen LogP contribution in [0.2, 0.25) is 0 Å². The van der Waals surface area contributed by atoms with E-state index in [2.05, 4.69) is 4.90 Å². The van der Waals surface area contributed by atoms with Gasteiger partial charge in [-0.15, -0.1) is 0 Å². The summed E-state index contributed by atoms with van der Waals surface area (Å²) < 4.78 is 23.9. The van der Waals surface area contributed by atoms with E-state index in [0.717, 1.165) is 29.8 Å². The zero-order valence-electron chi connectivity index (χ0n) is 13.8. The number of carboxylic acids is 1. The van der Waals surface area contributed by atoms with Crippen molar-refractivity contribution in [2.45, 2.75) is 6.54 Å². The predicted octanol–water partition coefficient (Wildman–Crippen LogP) is 2.79. The minimum Gasteiger partial charge on any atom is -0.482 e. The summed E-state index contributed by atoms with van der Waals surface area (Å²) in [7, 11) is 0. The molecule has 132 valence electrons. The number of hydrogen-bond acceptors (Lipinski definition) is 4. The Morgan fingerprint density at radius 2 is 1.80 bits per heavy atom. The Kier molecular flexibility index (Phi) is 5.63. The minimum atomic E-state index is -1.01. The topological polar surface area (TPSA) is 59.0 Å². The molecule has 2 aromatic carbocycles. The first-order valence-corrected chi connectivity index (χ1v) is 8.15. The molecule has 0 spiro atoms. The number of carboxylic acid groups (broad SMARTS) is 1. The highest BCUT2D eigenvalue weighted by atomic mass is 19.1. The maximum Gasteiger partial charge on any atom is 0.341 e. The van der Waals surface area contributed by atoms with Gasteiger partial charge >= 0.3 is 5.97 Å². The first kappa shape index (κ1) is 17.4. The minimum absolute atomic E-state index is 0.279. The van der Waals surface area contributed by atoms with E-state index in [-0.39, 0.29) is 12.4 Å². The highest BCUT2D eigenvalue weighted by Crippen LogP contribution is 2.28. The van der Waals surface area contributed by atoms with Crippen LogP contribution in [-0.2, 0) is 16.1 Å². The molecule has 2 aromatic rings. The lowest BCUT2D eigenvalue weighted by Crippen LogP contribution is -2.35. The van der Waals surface area contributed by atoms with Gasteiger partial charge in [0.1, 0.15) is 11.6 Å². The standard InChI is InChI=1S/C19H20FNO4/c20-17-4-1-14(2-5-17)15-3-6-18(25-13-19(22)23)16(11-15)12-21-7-9-24-10-8-21/h1-6,11H,7-10,12-13H2,(H,22,23). The number of rotatable bonds is 6. The summed E-state index contributed by atoms with van der Waals surface area (Å²) in [6, 6.07) is 11.9. The van der Waals surface area contributed by atoms with Gasteiger partial charge in [-0.25, -0.2) is 9.18 Å². The van der Waals surface area contributed by atoms with E-state index in [1.165, 1.54) is 12.1 Å². The second-order valence-corrected chi connectivity index (χ2v) is 5.90. The second-order valence-electron chi connectivity index (χ2n) is 5.90. The summed E-state index contributed by atoms with van der Waals surface area (Å²) in [5.41, 5.74) is 2.74. The Bertz CT molecular complexity index is 727. The van der Waals surface area contributed by atoms with Crippen molar-refractivity contribution < 1.29 is 23.8 Å². The van der Waals surface area contributed by atoms with Gasteiger partial charge in [0.15, 0.2) is 6.61 Å². The predicted molar refractivity (Wildman–Crippen MR) is 91.1 cm³/mol. The van der Waals surface area contributed by atoms with E-state index in [4.69, 9.17) is 14.6 Å². The Hall–Kier alpha value is -2.44. The fraction of sp³-hybridized carbons (Fsp3) is 0.316. The number of morpholine rings is 1.